The molecule has 34 heteroatoms. The highest BCUT2D eigenvalue weighted by Crippen LogP contribution is 2.60. The van der Waals surface area contributed by atoms with Crippen LogP contribution in [0.3, 0.4) is 0 Å². The molecular weight excluding hydrogens is 1240 g/mol. The quantitative estimate of drug-likeness (QED) is 0.0147. The first-order valence-corrected chi connectivity index (χ1v) is 32.6. The first-order chi connectivity index (χ1) is 42.4. The number of hydrogen-bond acceptors (Lipinski definition) is 19. The van der Waals surface area contributed by atoms with Crippen LogP contribution < -0.4 is 48.7 Å². The Morgan fingerprint density at radius 1 is 0.725 bits per heavy atom. The molecule has 14 N–H and O–H groups in total. The number of aliphatic carboxylic acids is 1. The van der Waals surface area contributed by atoms with Gasteiger partial charge in [-0.15, -0.1) is 0 Å². The molecule has 0 aliphatic rings. The number of hydrogen-bond donors (Lipinski definition) is 12. The van der Waals surface area contributed by atoms with Crippen molar-refractivity contribution in [2.45, 2.75) is 164 Å². The zero-order valence-corrected chi connectivity index (χ0v) is 55.7. The Bertz CT molecular complexity index is 2790. The number of carboxylic acid groups (broad SMARTS) is 1. The van der Waals surface area contributed by atoms with Gasteiger partial charge in [-0.05, 0) is 109 Å². The summed E-state index contributed by atoms with van der Waals surface area (Å²) in [5.41, 5.74) is 12.7. The van der Waals surface area contributed by atoms with Gasteiger partial charge in [0.1, 0.15) is 30.3 Å². The molecule has 0 saturated heterocycles. The summed E-state index contributed by atoms with van der Waals surface area (Å²) < 4.78 is 50.2. The van der Waals surface area contributed by atoms with E-state index in [0.717, 1.165) is 15.4 Å². The number of unbranched alkanes of at least 4 members (excludes halogenated alkanes) is 2. The van der Waals surface area contributed by atoms with Crippen LogP contribution in [-0.2, 0) is 81.7 Å². The summed E-state index contributed by atoms with van der Waals surface area (Å²) in [6, 6.07) is -0.411. The number of alkyl carbamates (subject to hydrolysis) is 1. The Morgan fingerprint density at radius 3 is 1.95 bits per heavy atom. The van der Waals surface area contributed by atoms with Crippen LogP contribution in [0.4, 0.5) is 15.3 Å². The maximum atomic E-state index is 13.2. The molecule has 1 aromatic rings. The molecule has 0 aliphatic heterocycles. The Balaban J connectivity index is 2.67. The van der Waals surface area contributed by atoms with Crippen LogP contribution in [0.2, 0.25) is 0 Å². The SMILES string of the molecule is C/C=C(\C)C[C@@H](C)[C@H](C/C=C(\C)C(=O)OCC(=O)N[C@@H](C)C(=O)N(C)CC(=O)N(C)CC(=O)NC(C(=O)N[C@H](C)C(=O)O)C(C)CC)OC(=O)NCCCCCOP(=O)(O)OP(=O)(O)OCc1ccc(NC(=O)[C@@H](CCCNC(N)=O)NC(=O)[C@H](N)C(C)C)cc1. The maximum absolute atomic E-state index is 13.2. The number of carbonyl (C=O) groups is 11. The third-order valence-electron chi connectivity index (χ3n) is 14.0. The topological polar surface area (TPSA) is 471 Å². The van der Waals surface area contributed by atoms with Crippen molar-refractivity contribution in [1.82, 2.24) is 41.7 Å². The molecule has 0 aliphatic carbocycles. The molecule has 32 nitrogen and oxygen atoms in total. The number of benzene rings is 1. The van der Waals surface area contributed by atoms with E-state index in [1.165, 1.54) is 65.2 Å². The summed E-state index contributed by atoms with van der Waals surface area (Å²) in [7, 11) is -7.68. The van der Waals surface area contributed by atoms with Crippen molar-refractivity contribution in [3.8, 4) is 0 Å². The highest BCUT2D eigenvalue weighted by Gasteiger charge is 2.36. The molecule has 4 unspecified atom stereocenters. The van der Waals surface area contributed by atoms with E-state index < -0.39 is 144 Å². The minimum atomic E-state index is -5.17. The molecule has 0 aromatic heterocycles. The number of carbonyl (C=O) groups excluding carboxylic acids is 10. The second-order valence-corrected chi connectivity index (χ2v) is 25.3. The zero-order valence-electron chi connectivity index (χ0n) is 53.9. The van der Waals surface area contributed by atoms with Gasteiger partial charge in [0.25, 0.3) is 5.91 Å². The number of nitrogens with one attached hydrogen (secondary N) is 7. The van der Waals surface area contributed by atoms with Gasteiger partial charge in [0.05, 0.1) is 32.3 Å². The van der Waals surface area contributed by atoms with Crippen molar-refractivity contribution in [2.75, 3.05) is 58.8 Å². The third-order valence-corrected chi connectivity index (χ3v) is 16.6. The van der Waals surface area contributed by atoms with E-state index in [-0.39, 0.29) is 68.0 Å². The summed E-state index contributed by atoms with van der Waals surface area (Å²) in [5, 5.41) is 26.7. The molecule has 514 valence electrons. The smallest absolute Gasteiger partial charge is 0.480 e. The lowest BCUT2D eigenvalue weighted by Crippen LogP contribution is -2.55. The number of primary amides is 1. The van der Waals surface area contributed by atoms with E-state index in [9.17, 15) is 71.7 Å². The molecule has 0 heterocycles. The maximum Gasteiger partial charge on any atom is 0.481 e. The summed E-state index contributed by atoms with van der Waals surface area (Å²) in [6.07, 6.45) is 4.24. The Labute approximate surface area is 531 Å². The number of rotatable bonds is 42. The average Bonchev–Trinajstić information content (AvgIpc) is 1.23. The van der Waals surface area contributed by atoms with Crippen molar-refractivity contribution >= 4 is 86.7 Å². The fraction of sp³-hybridized carbons (Fsp3) is 0.632. The highest BCUT2D eigenvalue weighted by atomic mass is 31.3. The van der Waals surface area contributed by atoms with Crippen molar-refractivity contribution in [2.24, 2.45) is 29.2 Å². The fourth-order valence-electron chi connectivity index (χ4n) is 8.00. The number of likely N-dealkylation sites (N-methyl/N-ethyl adjacent to an activating group) is 2. The molecule has 10 atom stereocenters. The van der Waals surface area contributed by atoms with E-state index in [1.807, 2.05) is 26.8 Å². The molecule has 0 bridgehead atoms. The van der Waals surface area contributed by atoms with Gasteiger partial charge in [0.2, 0.25) is 35.4 Å². The standard InChI is InChI=1S/C57H95N11O21P2/c1-13-35(5)29-38(8)44(25-20-37(7)55(78)85-33-46(70)62-39(9)53(75)68(12)31-47(71)67(11)30-45(69)66-49(36(6)14-2)52(74)63-40(10)54(76)77)88-57(80)61-26-16-15-17-28-86-90(81,82)89-91(83,84)87-32-41-21-23-42(24-22-41)64-50(72)43(19-18-27-60-56(59)79)65-51(73)48(58)34(3)4/h13,20-24,34,36,38-40,43-44,48-49H,14-19,25-33,58H2,1-12H3,(H,61,80)(H,62,70)(H,63,74)(H,64,72)(H,65,73)(H,66,69)(H,76,77)(H,81,82)(H,83,84)(H3,59,60,79)/b35-13+,37-20+/t36?,38-,39+,40-,43-,44+,48-,49?/m1/s1. The predicted molar refractivity (Wildman–Crippen MR) is 332 cm³/mol. The number of anilines is 1. The monoisotopic (exact) mass is 1330 g/mol. The van der Waals surface area contributed by atoms with Gasteiger partial charge in [0, 0.05) is 44.9 Å². The van der Waals surface area contributed by atoms with Crippen molar-refractivity contribution in [3.63, 3.8) is 0 Å². The van der Waals surface area contributed by atoms with Gasteiger partial charge in [-0.3, -0.25) is 47.4 Å². The number of allylic oxidation sites excluding steroid dienone is 2. The summed E-state index contributed by atoms with van der Waals surface area (Å²) in [4.78, 5) is 161. The van der Waals surface area contributed by atoms with E-state index in [0.29, 0.717) is 37.7 Å². The van der Waals surface area contributed by atoms with E-state index in [4.69, 9.17) is 35.1 Å². The lowest BCUT2D eigenvalue weighted by Gasteiger charge is -2.27. The number of carboxylic acids is 1. The third kappa shape index (κ3) is 33.5. The van der Waals surface area contributed by atoms with Crippen LogP contribution in [0, 0.1) is 17.8 Å². The lowest BCUT2D eigenvalue weighted by atomic mass is 9.93. The van der Waals surface area contributed by atoms with Crippen LogP contribution in [0.1, 0.15) is 126 Å². The molecular formula is C57H95N11O21P2. The second kappa shape index (κ2) is 41.2. The number of urea groups is 1. The Morgan fingerprint density at radius 2 is 1.35 bits per heavy atom. The Hall–Kier alpha value is -7.31. The largest absolute Gasteiger partial charge is 0.481 e. The van der Waals surface area contributed by atoms with Gasteiger partial charge < -0.3 is 82.9 Å². The van der Waals surface area contributed by atoms with Crippen LogP contribution >= 0.6 is 15.6 Å². The first-order valence-electron chi connectivity index (χ1n) is 29.6. The molecule has 0 saturated carbocycles. The fourth-order valence-corrected chi connectivity index (χ4v) is 10.1. The summed E-state index contributed by atoms with van der Waals surface area (Å²) in [6.45, 7) is 14.2. The van der Waals surface area contributed by atoms with Crippen molar-refractivity contribution in [3.05, 3.63) is 53.1 Å². The van der Waals surface area contributed by atoms with Crippen LogP contribution in [0.25, 0.3) is 0 Å². The van der Waals surface area contributed by atoms with Gasteiger partial charge in [-0.2, -0.15) is 4.31 Å². The number of phosphoric ester groups is 2. The van der Waals surface area contributed by atoms with Gasteiger partial charge in [0.15, 0.2) is 6.61 Å². The number of ether oxygens (including phenoxy) is 2. The molecule has 0 radical (unpaired) electrons. The molecule has 1 rings (SSSR count). The van der Waals surface area contributed by atoms with Crippen molar-refractivity contribution in [1.29, 1.82) is 0 Å². The molecule has 91 heavy (non-hydrogen) atoms. The van der Waals surface area contributed by atoms with Gasteiger partial charge >= 0.3 is 39.7 Å². The second-order valence-electron chi connectivity index (χ2n) is 22.3. The zero-order chi connectivity index (χ0) is 69.3. The first kappa shape index (κ1) is 81.7. The van der Waals surface area contributed by atoms with E-state index in [1.54, 1.807) is 27.7 Å². The predicted octanol–water partition coefficient (Wildman–Crippen LogP) is 2.97. The number of nitrogens with two attached hydrogens (primary N) is 2. The minimum absolute atomic E-state index is 0.0713. The number of phosphoric acid groups is 2. The molecule has 0 fully saturated rings. The Kier molecular flexibility index (Phi) is 37.0. The van der Waals surface area contributed by atoms with Gasteiger partial charge in [-0.25, -0.2) is 23.5 Å². The normalized spacial score (nSPS) is 15.6. The summed E-state index contributed by atoms with van der Waals surface area (Å²) in [5.74, 6) is -7.71. The van der Waals surface area contributed by atoms with Gasteiger partial charge in [-0.1, -0.05) is 70.9 Å². The highest BCUT2D eigenvalue weighted by molar-refractivity contribution is 7.61. The average molecular weight is 1330 g/mol. The number of amides is 10. The van der Waals surface area contributed by atoms with Crippen LogP contribution in [0.5, 0.6) is 0 Å². The van der Waals surface area contributed by atoms with Crippen LogP contribution in [0.15, 0.2) is 47.6 Å². The minimum Gasteiger partial charge on any atom is -0.480 e. The van der Waals surface area contributed by atoms with E-state index in [2.05, 4.69) is 41.5 Å². The molecule has 1 aromatic carbocycles. The number of esters is 1. The number of nitrogens with zero attached hydrogens (tertiary/aromatic N) is 2. The van der Waals surface area contributed by atoms with Crippen LogP contribution in [-0.4, -0.2) is 180 Å². The molecule has 10 amide bonds. The van der Waals surface area contributed by atoms with Crippen molar-refractivity contribution < 1.29 is 99.6 Å². The summed E-state index contributed by atoms with van der Waals surface area (Å²) >= 11 is 0. The van der Waals surface area contributed by atoms with E-state index >= 15 is 0 Å². The molecule has 0 spiro atoms. The lowest BCUT2D eigenvalue weighted by molar-refractivity contribution is -0.146.